The third-order valence-electron chi connectivity index (χ3n) is 1.87. The van der Waals surface area contributed by atoms with Gasteiger partial charge >= 0.3 is 5.97 Å². The van der Waals surface area contributed by atoms with Gasteiger partial charge in [-0.2, -0.15) is 0 Å². The minimum absolute atomic E-state index is 0.299. The molecule has 0 aliphatic carbocycles. The van der Waals surface area contributed by atoms with Crippen molar-refractivity contribution in [1.82, 2.24) is 4.98 Å². The largest absolute Gasteiger partial charge is 0.462 e. The van der Waals surface area contributed by atoms with Crippen LogP contribution in [-0.2, 0) is 4.74 Å². The SMILES string of the molecule is CCOC(=O)c1sc2ncccc2c1Br. The van der Waals surface area contributed by atoms with Crippen LogP contribution in [0.2, 0.25) is 0 Å². The first-order valence-corrected chi connectivity index (χ1v) is 6.05. The number of rotatable bonds is 2. The smallest absolute Gasteiger partial charge is 0.349 e. The van der Waals surface area contributed by atoms with Crippen molar-refractivity contribution >= 4 is 43.5 Å². The molecule has 5 heteroatoms. The van der Waals surface area contributed by atoms with Crippen LogP contribution in [0.4, 0.5) is 0 Å². The average Bonchev–Trinajstić information content (AvgIpc) is 2.57. The second kappa shape index (κ2) is 4.28. The number of carbonyl (C=O) groups is 1. The number of aromatic nitrogens is 1. The Labute approximate surface area is 99.2 Å². The Bertz CT molecular complexity index is 509. The van der Waals surface area contributed by atoms with Gasteiger partial charge in [0, 0.05) is 11.6 Å². The van der Waals surface area contributed by atoms with Crippen LogP contribution in [0, 0.1) is 0 Å². The molecule has 0 amide bonds. The molecule has 0 aliphatic heterocycles. The lowest BCUT2D eigenvalue weighted by Gasteiger charge is -1.97. The van der Waals surface area contributed by atoms with E-state index in [1.54, 1.807) is 13.1 Å². The first-order chi connectivity index (χ1) is 7.24. The van der Waals surface area contributed by atoms with Crippen molar-refractivity contribution in [2.75, 3.05) is 6.61 Å². The highest BCUT2D eigenvalue weighted by Gasteiger charge is 2.17. The summed E-state index contributed by atoms with van der Waals surface area (Å²) in [5, 5.41) is 0.950. The molecule has 2 rings (SSSR count). The Balaban J connectivity index is 2.53. The van der Waals surface area contributed by atoms with Crippen molar-refractivity contribution in [3.8, 4) is 0 Å². The topological polar surface area (TPSA) is 39.2 Å². The Morgan fingerprint density at radius 1 is 1.67 bits per heavy atom. The van der Waals surface area contributed by atoms with Gasteiger partial charge < -0.3 is 4.74 Å². The van der Waals surface area contributed by atoms with E-state index in [4.69, 9.17) is 4.74 Å². The Morgan fingerprint density at radius 2 is 2.47 bits per heavy atom. The number of carbonyl (C=O) groups excluding carboxylic acids is 1. The molecule has 0 unspecified atom stereocenters. The van der Waals surface area contributed by atoms with E-state index in [0.29, 0.717) is 11.5 Å². The Morgan fingerprint density at radius 3 is 3.13 bits per heavy atom. The van der Waals surface area contributed by atoms with Crippen LogP contribution in [0.25, 0.3) is 10.2 Å². The maximum atomic E-state index is 11.6. The van der Waals surface area contributed by atoms with Crippen molar-refractivity contribution in [2.24, 2.45) is 0 Å². The number of pyridine rings is 1. The lowest BCUT2D eigenvalue weighted by molar-refractivity contribution is 0.0531. The molecule has 0 aliphatic rings. The van der Waals surface area contributed by atoms with Crippen molar-refractivity contribution in [3.63, 3.8) is 0 Å². The summed E-state index contributed by atoms with van der Waals surface area (Å²) in [7, 11) is 0. The van der Waals surface area contributed by atoms with Crippen LogP contribution >= 0.6 is 27.3 Å². The molecule has 0 aromatic carbocycles. The fraction of sp³-hybridized carbons (Fsp3) is 0.200. The predicted molar refractivity (Wildman–Crippen MR) is 63.3 cm³/mol. The van der Waals surface area contributed by atoms with Crippen LogP contribution < -0.4 is 0 Å². The van der Waals surface area contributed by atoms with Gasteiger partial charge in [0.1, 0.15) is 9.71 Å². The summed E-state index contributed by atoms with van der Waals surface area (Å²) in [6.45, 7) is 2.17. The van der Waals surface area contributed by atoms with E-state index in [0.717, 1.165) is 14.7 Å². The van der Waals surface area contributed by atoms with E-state index in [2.05, 4.69) is 20.9 Å². The first-order valence-electron chi connectivity index (χ1n) is 4.44. The zero-order valence-electron chi connectivity index (χ0n) is 7.99. The third-order valence-corrected chi connectivity index (χ3v) is 4.05. The summed E-state index contributed by atoms with van der Waals surface area (Å²) < 4.78 is 5.72. The van der Waals surface area contributed by atoms with Gasteiger partial charge in [0.15, 0.2) is 0 Å². The highest BCUT2D eigenvalue weighted by molar-refractivity contribution is 9.10. The van der Waals surface area contributed by atoms with Crippen LogP contribution in [0.5, 0.6) is 0 Å². The van der Waals surface area contributed by atoms with E-state index in [9.17, 15) is 4.79 Å². The normalized spacial score (nSPS) is 10.5. The van der Waals surface area contributed by atoms with Crippen molar-refractivity contribution in [1.29, 1.82) is 0 Å². The predicted octanol–water partition coefficient (Wildman–Crippen LogP) is 3.24. The molecule has 0 radical (unpaired) electrons. The third kappa shape index (κ3) is 1.89. The summed E-state index contributed by atoms with van der Waals surface area (Å²) >= 11 is 4.73. The summed E-state index contributed by atoms with van der Waals surface area (Å²) in [6.07, 6.45) is 1.71. The van der Waals surface area contributed by atoms with Gasteiger partial charge in [0.25, 0.3) is 0 Å². The van der Waals surface area contributed by atoms with Gasteiger partial charge in [-0.05, 0) is 35.0 Å². The zero-order valence-corrected chi connectivity index (χ0v) is 10.4. The van der Waals surface area contributed by atoms with E-state index < -0.39 is 0 Å². The van der Waals surface area contributed by atoms with Gasteiger partial charge in [0.2, 0.25) is 0 Å². The van der Waals surface area contributed by atoms with Gasteiger partial charge in [-0.3, -0.25) is 0 Å². The average molecular weight is 286 g/mol. The highest BCUT2D eigenvalue weighted by Crippen LogP contribution is 2.34. The molecular weight excluding hydrogens is 278 g/mol. The molecule has 2 aromatic heterocycles. The summed E-state index contributed by atoms with van der Waals surface area (Å²) in [5.74, 6) is -0.299. The van der Waals surface area contributed by atoms with Gasteiger partial charge in [-0.1, -0.05) is 0 Å². The summed E-state index contributed by atoms with van der Waals surface area (Å²) in [4.78, 5) is 17.2. The number of fused-ring (bicyclic) bond motifs is 1. The fourth-order valence-corrected chi connectivity index (χ4v) is 3.02. The number of ether oxygens (including phenoxy) is 1. The summed E-state index contributed by atoms with van der Waals surface area (Å²) in [5.41, 5.74) is 0. The second-order valence-electron chi connectivity index (χ2n) is 2.82. The van der Waals surface area contributed by atoms with E-state index in [1.165, 1.54) is 11.3 Å². The maximum Gasteiger partial charge on any atom is 0.349 e. The number of hydrogen-bond donors (Lipinski definition) is 0. The second-order valence-corrected chi connectivity index (χ2v) is 4.61. The molecule has 0 atom stereocenters. The standard InChI is InChI=1S/C10H8BrNO2S/c1-2-14-10(13)8-7(11)6-4-3-5-12-9(6)15-8/h3-5H,2H2,1H3. The number of thiophene rings is 1. The molecule has 15 heavy (non-hydrogen) atoms. The monoisotopic (exact) mass is 285 g/mol. The molecule has 3 nitrogen and oxygen atoms in total. The molecular formula is C10H8BrNO2S. The van der Waals surface area contributed by atoms with E-state index >= 15 is 0 Å². The minimum atomic E-state index is -0.299. The van der Waals surface area contributed by atoms with Crippen LogP contribution in [0.15, 0.2) is 22.8 Å². The van der Waals surface area contributed by atoms with Crippen molar-refractivity contribution in [3.05, 3.63) is 27.7 Å². The fourth-order valence-electron chi connectivity index (χ4n) is 1.23. The quantitative estimate of drug-likeness (QED) is 0.796. The van der Waals surface area contributed by atoms with Gasteiger partial charge in [0.05, 0.1) is 11.1 Å². The molecule has 2 aromatic rings. The number of halogens is 1. The first kappa shape index (κ1) is 10.6. The number of nitrogens with zero attached hydrogens (tertiary/aromatic N) is 1. The number of hydrogen-bond acceptors (Lipinski definition) is 4. The molecule has 2 heterocycles. The van der Waals surface area contributed by atoms with Crippen LogP contribution in [0.1, 0.15) is 16.6 Å². The molecule has 0 saturated carbocycles. The number of esters is 1. The molecule has 0 spiro atoms. The molecule has 0 fully saturated rings. The van der Waals surface area contributed by atoms with Crippen molar-refractivity contribution in [2.45, 2.75) is 6.92 Å². The van der Waals surface area contributed by atoms with Crippen molar-refractivity contribution < 1.29 is 9.53 Å². The van der Waals surface area contributed by atoms with Crippen LogP contribution in [-0.4, -0.2) is 17.6 Å². The zero-order chi connectivity index (χ0) is 10.8. The lowest BCUT2D eigenvalue weighted by atomic mass is 10.3. The Kier molecular flexibility index (Phi) is 3.02. The molecule has 78 valence electrons. The Hall–Kier alpha value is -0.940. The van der Waals surface area contributed by atoms with Gasteiger partial charge in [-0.15, -0.1) is 11.3 Å². The van der Waals surface area contributed by atoms with Gasteiger partial charge in [-0.25, -0.2) is 9.78 Å². The van der Waals surface area contributed by atoms with E-state index in [1.807, 2.05) is 12.1 Å². The summed E-state index contributed by atoms with van der Waals surface area (Å²) in [6, 6.07) is 3.76. The minimum Gasteiger partial charge on any atom is -0.462 e. The molecule has 0 N–H and O–H groups in total. The van der Waals surface area contributed by atoms with E-state index in [-0.39, 0.29) is 5.97 Å². The van der Waals surface area contributed by atoms with Crippen LogP contribution in [0.3, 0.4) is 0 Å². The lowest BCUT2D eigenvalue weighted by Crippen LogP contribution is -2.02. The maximum absolute atomic E-state index is 11.6. The highest BCUT2D eigenvalue weighted by atomic mass is 79.9. The molecule has 0 saturated heterocycles. The molecule has 0 bridgehead atoms.